The van der Waals surface area contributed by atoms with Gasteiger partial charge in [-0.15, -0.1) is 0 Å². The first kappa shape index (κ1) is 26.6. The fourth-order valence-corrected chi connectivity index (χ4v) is 4.40. The third kappa shape index (κ3) is 5.16. The number of ketones is 1. The minimum absolute atomic E-state index is 0.0360. The van der Waals surface area contributed by atoms with Gasteiger partial charge >= 0.3 is 0 Å². The van der Waals surface area contributed by atoms with E-state index in [9.17, 15) is 14.7 Å². The standard InChI is InChI=1S/C30H31NO7/c1-5-16-38-23-9-7-8-20(17-23)28(32)26-27(19-10-15-24(36-4)25(18-19)37-6-2)31(30(34)29(26)33)21-11-13-22(35-3)14-12-21/h7-15,17-18,27,32H,5-6,16H2,1-4H3/b28-26-. The van der Waals surface area contributed by atoms with Crippen molar-refractivity contribution in [2.45, 2.75) is 26.3 Å². The molecule has 1 fully saturated rings. The second-order valence-corrected chi connectivity index (χ2v) is 8.59. The summed E-state index contributed by atoms with van der Waals surface area (Å²) >= 11 is 0. The summed E-state index contributed by atoms with van der Waals surface area (Å²) in [6, 6.07) is 17.9. The Bertz CT molecular complexity index is 1350. The zero-order chi connectivity index (χ0) is 27.2. The Labute approximate surface area is 222 Å². The fourth-order valence-electron chi connectivity index (χ4n) is 4.40. The van der Waals surface area contributed by atoms with E-state index in [4.69, 9.17) is 18.9 Å². The molecule has 3 aromatic carbocycles. The molecule has 0 radical (unpaired) electrons. The van der Waals surface area contributed by atoms with Crippen LogP contribution >= 0.6 is 0 Å². The lowest BCUT2D eigenvalue weighted by atomic mass is 9.94. The van der Waals surface area contributed by atoms with Gasteiger partial charge in [0.1, 0.15) is 17.3 Å². The molecule has 0 aliphatic carbocycles. The predicted octanol–water partition coefficient (Wildman–Crippen LogP) is 5.52. The van der Waals surface area contributed by atoms with Gasteiger partial charge in [0, 0.05) is 11.3 Å². The number of ether oxygens (including phenoxy) is 4. The Morgan fingerprint density at radius 3 is 2.29 bits per heavy atom. The van der Waals surface area contributed by atoms with E-state index < -0.39 is 17.7 Å². The van der Waals surface area contributed by atoms with Gasteiger partial charge < -0.3 is 24.1 Å². The molecule has 38 heavy (non-hydrogen) atoms. The molecule has 4 rings (SSSR count). The molecule has 0 bridgehead atoms. The Balaban J connectivity index is 1.91. The highest BCUT2D eigenvalue weighted by Gasteiger charge is 2.47. The van der Waals surface area contributed by atoms with Crippen molar-refractivity contribution in [3.63, 3.8) is 0 Å². The van der Waals surface area contributed by atoms with Crippen LogP contribution in [0.5, 0.6) is 23.0 Å². The van der Waals surface area contributed by atoms with Crippen LogP contribution in [0.25, 0.3) is 5.76 Å². The molecule has 0 saturated carbocycles. The van der Waals surface area contributed by atoms with Gasteiger partial charge in [0.05, 0.1) is 39.0 Å². The van der Waals surface area contributed by atoms with Crippen molar-refractivity contribution in [1.29, 1.82) is 0 Å². The number of carbonyl (C=O) groups is 2. The molecule has 198 valence electrons. The van der Waals surface area contributed by atoms with E-state index in [1.165, 1.54) is 12.0 Å². The van der Waals surface area contributed by atoms with Crippen molar-refractivity contribution in [3.8, 4) is 23.0 Å². The number of hydrogen-bond donors (Lipinski definition) is 1. The summed E-state index contributed by atoms with van der Waals surface area (Å²) in [6.07, 6.45) is 0.822. The van der Waals surface area contributed by atoms with Crippen LogP contribution in [0.15, 0.2) is 72.3 Å². The Morgan fingerprint density at radius 2 is 1.63 bits per heavy atom. The largest absolute Gasteiger partial charge is 0.507 e. The topological polar surface area (TPSA) is 94.5 Å². The van der Waals surface area contributed by atoms with Crippen LogP contribution in [0, 0.1) is 0 Å². The highest BCUT2D eigenvalue weighted by molar-refractivity contribution is 6.51. The summed E-state index contributed by atoms with van der Waals surface area (Å²) in [5.74, 6) is 0.292. The maximum atomic E-state index is 13.5. The normalized spacial score (nSPS) is 16.4. The molecule has 3 aromatic rings. The summed E-state index contributed by atoms with van der Waals surface area (Å²) in [5, 5.41) is 11.5. The molecule has 1 amide bonds. The van der Waals surface area contributed by atoms with Crippen molar-refractivity contribution in [2.75, 3.05) is 32.3 Å². The van der Waals surface area contributed by atoms with Crippen molar-refractivity contribution in [2.24, 2.45) is 0 Å². The van der Waals surface area contributed by atoms with Crippen LogP contribution in [-0.2, 0) is 9.59 Å². The minimum Gasteiger partial charge on any atom is -0.507 e. The molecule has 8 nitrogen and oxygen atoms in total. The van der Waals surface area contributed by atoms with Crippen LogP contribution in [0.3, 0.4) is 0 Å². The van der Waals surface area contributed by atoms with E-state index in [2.05, 4.69) is 0 Å². The van der Waals surface area contributed by atoms with Crippen LogP contribution in [-0.4, -0.2) is 44.2 Å². The number of amides is 1. The quantitative estimate of drug-likeness (QED) is 0.215. The van der Waals surface area contributed by atoms with Gasteiger partial charge in [-0.2, -0.15) is 0 Å². The monoisotopic (exact) mass is 517 g/mol. The Morgan fingerprint density at radius 1 is 0.868 bits per heavy atom. The molecule has 1 N–H and O–H groups in total. The number of aliphatic hydroxyl groups is 1. The molecule has 1 atom stereocenters. The molecular weight excluding hydrogens is 486 g/mol. The number of methoxy groups -OCH3 is 2. The zero-order valence-corrected chi connectivity index (χ0v) is 21.9. The zero-order valence-electron chi connectivity index (χ0n) is 21.9. The first-order valence-corrected chi connectivity index (χ1v) is 12.4. The van der Waals surface area contributed by atoms with Crippen LogP contribution in [0.1, 0.15) is 37.4 Å². The maximum absolute atomic E-state index is 13.5. The number of nitrogens with zero attached hydrogens (tertiary/aromatic N) is 1. The van der Waals surface area contributed by atoms with Crippen LogP contribution in [0.4, 0.5) is 5.69 Å². The number of anilines is 1. The highest BCUT2D eigenvalue weighted by Crippen LogP contribution is 2.44. The Hall–Kier alpha value is -4.46. The van der Waals surface area contributed by atoms with Gasteiger partial charge in [-0.05, 0) is 67.4 Å². The number of aliphatic hydroxyl groups excluding tert-OH is 1. The molecule has 1 aliphatic rings. The third-order valence-electron chi connectivity index (χ3n) is 6.18. The summed E-state index contributed by atoms with van der Waals surface area (Å²) in [6.45, 7) is 4.75. The number of Topliss-reactive ketones (excluding diaryl/α,β-unsaturated/α-hetero) is 1. The number of hydrogen-bond acceptors (Lipinski definition) is 7. The van der Waals surface area contributed by atoms with Gasteiger partial charge in [-0.25, -0.2) is 0 Å². The second-order valence-electron chi connectivity index (χ2n) is 8.59. The highest BCUT2D eigenvalue weighted by atomic mass is 16.5. The van der Waals surface area contributed by atoms with E-state index in [1.807, 2.05) is 13.8 Å². The summed E-state index contributed by atoms with van der Waals surface area (Å²) in [7, 11) is 3.08. The lowest BCUT2D eigenvalue weighted by Gasteiger charge is -2.26. The second kappa shape index (κ2) is 11.7. The molecule has 1 heterocycles. The van der Waals surface area contributed by atoms with E-state index in [0.29, 0.717) is 53.0 Å². The van der Waals surface area contributed by atoms with Gasteiger partial charge in [0.25, 0.3) is 11.7 Å². The first-order valence-electron chi connectivity index (χ1n) is 12.4. The van der Waals surface area contributed by atoms with Crippen molar-refractivity contribution < 1.29 is 33.6 Å². The minimum atomic E-state index is -0.922. The van der Waals surface area contributed by atoms with Crippen molar-refractivity contribution in [1.82, 2.24) is 0 Å². The number of rotatable bonds is 10. The van der Waals surface area contributed by atoms with E-state index >= 15 is 0 Å². The van der Waals surface area contributed by atoms with Gasteiger partial charge in [0.2, 0.25) is 0 Å². The molecular formula is C30H31NO7. The predicted molar refractivity (Wildman–Crippen MR) is 144 cm³/mol. The average Bonchev–Trinajstić information content (AvgIpc) is 3.21. The summed E-state index contributed by atoms with van der Waals surface area (Å²) in [4.78, 5) is 28.3. The van der Waals surface area contributed by atoms with Gasteiger partial charge in [0.15, 0.2) is 11.5 Å². The average molecular weight is 518 g/mol. The van der Waals surface area contributed by atoms with E-state index in [-0.39, 0.29) is 11.3 Å². The first-order chi connectivity index (χ1) is 18.4. The van der Waals surface area contributed by atoms with Crippen LogP contribution < -0.4 is 23.8 Å². The maximum Gasteiger partial charge on any atom is 0.300 e. The van der Waals surface area contributed by atoms with Crippen molar-refractivity contribution >= 4 is 23.1 Å². The molecule has 0 aromatic heterocycles. The van der Waals surface area contributed by atoms with Crippen molar-refractivity contribution in [3.05, 3.63) is 83.4 Å². The molecule has 1 aliphatic heterocycles. The third-order valence-corrected chi connectivity index (χ3v) is 6.18. The summed E-state index contributed by atoms with van der Waals surface area (Å²) in [5.41, 5.74) is 1.39. The molecule has 0 spiro atoms. The molecule has 8 heteroatoms. The van der Waals surface area contributed by atoms with Gasteiger partial charge in [-0.1, -0.05) is 25.1 Å². The van der Waals surface area contributed by atoms with E-state index in [0.717, 1.165) is 6.42 Å². The summed E-state index contributed by atoms with van der Waals surface area (Å²) < 4.78 is 22.1. The lowest BCUT2D eigenvalue weighted by molar-refractivity contribution is -0.132. The Kier molecular flexibility index (Phi) is 8.21. The lowest BCUT2D eigenvalue weighted by Crippen LogP contribution is -2.29. The smallest absolute Gasteiger partial charge is 0.300 e. The molecule has 1 unspecified atom stereocenters. The molecule has 1 saturated heterocycles. The SMILES string of the molecule is CCCOc1cccc(/C(O)=C2/C(=O)C(=O)N(c3ccc(OC)cc3)C2c2ccc(OC)c(OCC)c2)c1. The van der Waals surface area contributed by atoms with E-state index in [1.54, 1.807) is 73.8 Å². The fraction of sp³-hybridized carbons (Fsp3) is 0.267. The van der Waals surface area contributed by atoms with Crippen LogP contribution in [0.2, 0.25) is 0 Å². The van der Waals surface area contributed by atoms with Gasteiger partial charge in [-0.3, -0.25) is 14.5 Å². The number of carbonyl (C=O) groups excluding carboxylic acids is 2. The number of benzene rings is 3.